The van der Waals surface area contributed by atoms with Gasteiger partial charge < -0.3 is 10.1 Å². The van der Waals surface area contributed by atoms with Crippen molar-refractivity contribution in [2.45, 2.75) is 19.5 Å². The van der Waals surface area contributed by atoms with Crippen molar-refractivity contribution in [2.75, 3.05) is 6.54 Å². The molecule has 0 amide bonds. The van der Waals surface area contributed by atoms with E-state index in [0.29, 0.717) is 54.3 Å². The lowest BCUT2D eigenvalue weighted by Gasteiger charge is -2.28. The minimum Gasteiger partial charge on any atom is -0.506 e. The maximum atomic E-state index is 13.6. The van der Waals surface area contributed by atoms with Gasteiger partial charge in [-0.05, 0) is 18.6 Å². The van der Waals surface area contributed by atoms with Gasteiger partial charge in [-0.15, -0.1) is 0 Å². The number of rotatable bonds is 3. The number of phenolic OH excluding ortho intramolecular Hbond substituents is 1. The third kappa shape index (κ3) is 3.54. The molecule has 0 spiro atoms. The summed E-state index contributed by atoms with van der Waals surface area (Å²) in [6.45, 7) is 1.27. The second-order valence-corrected chi connectivity index (χ2v) is 6.73. The van der Waals surface area contributed by atoms with Crippen molar-refractivity contribution in [3.63, 3.8) is 0 Å². The van der Waals surface area contributed by atoms with E-state index in [1.165, 1.54) is 12.4 Å². The first kappa shape index (κ1) is 17.6. The molecular formula is C18H15ClFN5O2. The van der Waals surface area contributed by atoms with Gasteiger partial charge in [-0.1, -0.05) is 11.6 Å². The van der Waals surface area contributed by atoms with E-state index in [-0.39, 0.29) is 16.3 Å². The van der Waals surface area contributed by atoms with Gasteiger partial charge in [0.2, 0.25) is 0 Å². The van der Waals surface area contributed by atoms with E-state index in [2.05, 4.69) is 19.9 Å². The summed E-state index contributed by atoms with van der Waals surface area (Å²) < 4.78 is 13.6. The lowest BCUT2D eigenvalue weighted by molar-refractivity contribution is 0.237. The fourth-order valence-corrected chi connectivity index (χ4v) is 3.39. The molecule has 0 unspecified atom stereocenters. The van der Waals surface area contributed by atoms with Crippen molar-refractivity contribution in [3.05, 3.63) is 68.9 Å². The van der Waals surface area contributed by atoms with E-state index in [0.717, 1.165) is 6.07 Å². The number of benzene rings is 1. The van der Waals surface area contributed by atoms with Crippen LogP contribution >= 0.6 is 11.6 Å². The zero-order valence-corrected chi connectivity index (χ0v) is 14.9. The molecule has 3 aromatic rings. The Morgan fingerprint density at radius 3 is 2.85 bits per heavy atom. The van der Waals surface area contributed by atoms with Crippen LogP contribution in [0.5, 0.6) is 5.75 Å². The molecule has 9 heteroatoms. The molecule has 0 fully saturated rings. The number of hydrogen-bond donors (Lipinski definition) is 2. The molecule has 4 rings (SSSR count). The SMILES string of the molecule is O=c1[nH]c(-c2cncnc2)nc2c1CCN(Cc1cc(F)cc(Cl)c1O)C2. The van der Waals surface area contributed by atoms with Gasteiger partial charge >= 0.3 is 0 Å². The molecule has 138 valence electrons. The Kier molecular flexibility index (Phi) is 4.59. The highest BCUT2D eigenvalue weighted by Gasteiger charge is 2.23. The number of aromatic nitrogens is 4. The van der Waals surface area contributed by atoms with Gasteiger partial charge in [0.15, 0.2) is 0 Å². The van der Waals surface area contributed by atoms with Crippen molar-refractivity contribution in [1.29, 1.82) is 0 Å². The van der Waals surface area contributed by atoms with Gasteiger partial charge in [0.05, 0.1) is 16.3 Å². The molecule has 0 saturated heterocycles. The number of fused-ring (bicyclic) bond motifs is 1. The van der Waals surface area contributed by atoms with E-state index >= 15 is 0 Å². The number of phenols is 1. The highest BCUT2D eigenvalue weighted by atomic mass is 35.5. The van der Waals surface area contributed by atoms with E-state index in [4.69, 9.17) is 11.6 Å². The van der Waals surface area contributed by atoms with Crippen molar-refractivity contribution in [1.82, 2.24) is 24.8 Å². The Labute approximate surface area is 158 Å². The minimum atomic E-state index is -0.508. The van der Waals surface area contributed by atoms with Crippen LogP contribution in [0.4, 0.5) is 4.39 Å². The second kappa shape index (κ2) is 7.05. The van der Waals surface area contributed by atoms with Crippen molar-refractivity contribution >= 4 is 11.6 Å². The lowest BCUT2D eigenvalue weighted by atomic mass is 10.0. The van der Waals surface area contributed by atoms with Crippen LogP contribution in [0.3, 0.4) is 0 Å². The molecule has 3 heterocycles. The molecule has 0 saturated carbocycles. The second-order valence-electron chi connectivity index (χ2n) is 6.32. The van der Waals surface area contributed by atoms with Crippen LogP contribution in [0.25, 0.3) is 11.4 Å². The maximum absolute atomic E-state index is 13.6. The van der Waals surface area contributed by atoms with Crippen molar-refractivity contribution in [2.24, 2.45) is 0 Å². The largest absolute Gasteiger partial charge is 0.506 e. The molecule has 2 aromatic heterocycles. The molecular weight excluding hydrogens is 373 g/mol. The van der Waals surface area contributed by atoms with Crippen LogP contribution in [0.2, 0.25) is 5.02 Å². The van der Waals surface area contributed by atoms with Gasteiger partial charge in [-0.25, -0.2) is 19.3 Å². The quantitative estimate of drug-likeness (QED) is 0.716. The third-order valence-corrected chi connectivity index (χ3v) is 4.78. The highest BCUT2D eigenvalue weighted by Crippen LogP contribution is 2.30. The first-order valence-corrected chi connectivity index (χ1v) is 8.66. The number of nitrogens with zero attached hydrogens (tertiary/aromatic N) is 4. The molecule has 27 heavy (non-hydrogen) atoms. The topological polar surface area (TPSA) is 95.0 Å². The molecule has 0 radical (unpaired) electrons. The molecule has 2 N–H and O–H groups in total. The van der Waals surface area contributed by atoms with Gasteiger partial charge in [0.25, 0.3) is 5.56 Å². The lowest BCUT2D eigenvalue weighted by Crippen LogP contribution is -2.35. The fraction of sp³-hybridized carbons (Fsp3) is 0.222. The van der Waals surface area contributed by atoms with Gasteiger partial charge in [0, 0.05) is 43.2 Å². The summed E-state index contributed by atoms with van der Waals surface area (Å²) in [6.07, 6.45) is 5.06. The summed E-state index contributed by atoms with van der Waals surface area (Å²) in [4.78, 5) is 29.6. The summed E-state index contributed by atoms with van der Waals surface area (Å²) in [7, 11) is 0. The summed E-state index contributed by atoms with van der Waals surface area (Å²) >= 11 is 5.85. The highest BCUT2D eigenvalue weighted by molar-refractivity contribution is 6.32. The Bertz CT molecular complexity index is 1060. The Balaban J connectivity index is 1.63. The Morgan fingerprint density at radius 1 is 1.30 bits per heavy atom. The van der Waals surface area contributed by atoms with Crippen LogP contribution in [-0.2, 0) is 19.5 Å². The van der Waals surface area contributed by atoms with Crippen LogP contribution in [-0.4, -0.2) is 36.5 Å². The number of halogens is 2. The third-order valence-electron chi connectivity index (χ3n) is 4.49. The first-order chi connectivity index (χ1) is 13.0. The van der Waals surface area contributed by atoms with E-state index in [9.17, 15) is 14.3 Å². The fourth-order valence-electron chi connectivity index (χ4n) is 3.17. The number of aromatic hydroxyl groups is 1. The van der Waals surface area contributed by atoms with Crippen molar-refractivity contribution < 1.29 is 9.50 Å². The predicted molar refractivity (Wildman–Crippen MR) is 96.8 cm³/mol. The maximum Gasteiger partial charge on any atom is 0.254 e. The van der Waals surface area contributed by atoms with Crippen molar-refractivity contribution in [3.8, 4) is 17.1 Å². The smallest absolute Gasteiger partial charge is 0.254 e. The summed E-state index contributed by atoms with van der Waals surface area (Å²) in [5.74, 6) is -0.242. The summed E-state index contributed by atoms with van der Waals surface area (Å²) in [6, 6.07) is 2.33. The van der Waals surface area contributed by atoms with Crippen LogP contribution in [0.15, 0.2) is 35.6 Å². The molecule has 0 bridgehead atoms. The molecule has 1 aromatic carbocycles. The summed E-state index contributed by atoms with van der Waals surface area (Å²) in [5.41, 5.74) is 2.10. The molecule has 7 nitrogen and oxygen atoms in total. The van der Waals surface area contributed by atoms with Crippen LogP contribution in [0, 0.1) is 5.82 Å². The standard InChI is InChI=1S/C18H15ClFN5O2/c19-14-4-12(20)3-10(16(14)26)7-25-2-1-13-15(8-25)23-17(24-18(13)27)11-5-21-9-22-6-11/h3-6,9,26H,1-2,7-8H2,(H,23,24,27). The zero-order chi connectivity index (χ0) is 19.0. The molecule has 1 aliphatic rings. The van der Waals surface area contributed by atoms with Gasteiger partial charge in [-0.3, -0.25) is 9.69 Å². The van der Waals surface area contributed by atoms with E-state index < -0.39 is 5.82 Å². The zero-order valence-electron chi connectivity index (χ0n) is 14.1. The van der Waals surface area contributed by atoms with E-state index in [1.54, 1.807) is 12.4 Å². The molecule has 0 aliphatic carbocycles. The monoisotopic (exact) mass is 387 g/mol. The minimum absolute atomic E-state index is 0.0247. The number of H-pyrrole nitrogens is 1. The Hall–Kier alpha value is -2.84. The number of nitrogens with one attached hydrogen (secondary N) is 1. The van der Waals surface area contributed by atoms with E-state index in [1.807, 2.05) is 4.90 Å². The normalized spacial score (nSPS) is 14.1. The van der Waals surface area contributed by atoms with Gasteiger partial charge in [-0.2, -0.15) is 0 Å². The molecule has 1 aliphatic heterocycles. The van der Waals surface area contributed by atoms with Gasteiger partial charge in [0.1, 0.15) is 23.7 Å². The summed E-state index contributed by atoms with van der Waals surface area (Å²) in [5, 5.41) is 10.1. The molecule has 0 atom stereocenters. The van der Waals surface area contributed by atoms with Crippen LogP contribution in [0.1, 0.15) is 16.8 Å². The average Bonchev–Trinajstić information content (AvgIpc) is 2.66. The number of aromatic amines is 1. The average molecular weight is 388 g/mol. The Morgan fingerprint density at radius 2 is 2.07 bits per heavy atom. The predicted octanol–water partition coefficient (Wildman–Crippen LogP) is 2.28. The van der Waals surface area contributed by atoms with Crippen LogP contribution < -0.4 is 5.56 Å². The first-order valence-electron chi connectivity index (χ1n) is 8.28. The number of hydrogen-bond acceptors (Lipinski definition) is 6.